The molecule has 1 saturated carbocycles. The molecule has 0 radical (unpaired) electrons. The van der Waals surface area contributed by atoms with Crippen molar-refractivity contribution >= 4 is 5.91 Å². The Labute approximate surface area is 111 Å². The monoisotopic (exact) mass is 256 g/mol. The number of rotatable bonds is 5. The summed E-state index contributed by atoms with van der Waals surface area (Å²) in [5, 5.41) is 0. The summed E-state index contributed by atoms with van der Waals surface area (Å²) in [6.45, 7) is 7.50. The molecule has 106 valence electrons. The Morgan fingerprint density at radius 3 is 2.67 bits per heavy atom. The van der Waals surface area contributed by atoms with Crippen molar-refractivity contribution in [3.63, 3.8) is 0 Å². The molecule has 18 heavy (non-hydrogen) atoms. The fraction of sp³-hybridized carbons (Fsp3) is 0.929. The number of carbonyl (C=O) groups excluding carboxylic acids is 1. The average Bonchev–Trinajstić information content (AvgIpc) is 2.30. The highest BCUT2D eigenvalue weighted by Crippen LogP contribution is 2.30. The number of hydrogen-bond acceptors (Lipinski definition) is 3. The van der Waals surface area contributed by atoms with Crippen LogP contribution in [-0.2, 0) is 9.53 Å². The van der Waals surface area contributed by atoms with Crippen LogP contribution in [0.25, 0.3) is 0 Å². The van der Waals surface area contributed by atoms with Gasteiger partial charge in [-0.3, -0.25) is 4.79 Å². The summed E-state index contributed by atoms with van der Waals surface area (Å²) in [6.07, 6.45) is 3.23. The molecule has 0 aromatic heterocycles. The standard InChI is InChI=1S/C14H28N2O2/c1-5-16(11(3)9-18-4)14(17)13-10(2)7-6-8-12(13)15/h10-13H,5-9,15H2,1-4H3. The van der Waals surface area contributed by atoms with E-state index in [0.29, 0.717) is 12.5 Å². The van der Waals surface area contributed by atoms with Gasteiger partial charge in [-0.15, -0.1) is 0 Å². The van der Waals surface area contributed by atoms with Crippen LogP contribution < -0.4 is 5.73 Å². The van der Waals surface area contributed by atoms with Crippen LogP contribution in [0.3, 0.4) is 0 Å². The van der Waals surface area contributed by atoms with Crippen LogP contribution in [0, 0.1) is 11.8 Å². The Morgan fingerprint density at radius 2 is 2.17 bits per heavy atom. The van der Waals surface area contributed by atoms with Gasteiger partial charge in [0.2, 0.25) is 5.91 Å². The van der Waals surface area contributed by atoms with E-state index in [4.69, 9.17) is 10.5 Å². The molecule has 0 aromatic carbocycles. The van der Waals surface area contributed by atoms with Crippen molar-refractivity contribution in [3.8, 4) is 0 Å². The highest BCUT2D eigenvalue weighted by Gasteiger charge is 2.37. The van der Waals surface area contributed by atoms with Gasteiger partial charge in [-0.05, 0) is 32.6 Å². The molecule has 4 atom stereocenters. The predicted molar refractivity (Wildman–Crippen MR) is 73.2 cm³/mol. The van der Waals surface area contributed by atoms with Crippen molar-refractivity contribution < 1.29 is 9.53 Å². The van der Waals surface area contributed by atoms with Gasteiger partial charge >= 0.3 is 0 Å². The largest absolute Gasteiger partial charge is 0.383 e. The molecule has 4 nitrogen and oxygen atoms in total. The van der Waals surface area contributed by atoms with Gasteiger partial charge < -0.3 is 15.4 Å². The van der Waals surface area contributed by atoms with Crippen molar-refractivity contribution in [2.45, 2.75) is 52.1 Å². The normalized spacial score (nSPS) is 29.9. The second-order valence-electron chi connectivity index (χ2n) is 5.53. The summed E-state index contributed by atoms with van der Waals surface area (Å²) in [5.41, 5.74) is 6.16. The molecule has 1 amide bonds. The second-order valence-corrected chi connectivity index (χ2v) is 5.53. The number of nitrogens with two attached hydrogens (primary N) is 1. The Morgan fingerprint density at radius 1 is 1.50 bits per heavy atom. The molecular formula is C14H28N2O2. The minimum atomic E-state index is -0.0157. The molecule has 4 unspecified atom stereocenters. The Balaban J connectivity index is 2.75. The molecule has 0 saturated heterocycles. The zero-order valence-electron chi connectivity index (χ0n) is 12.2. The summed E-state index contributed by atoms with van der Waals surface area (Å²) in [5.74, 6) is 0.588. The van der Waals surface area contributed by atoms with Gasteiger partial charge in [0.25, 0.3) is 0 Å². The number of carbonyl (C=O) groups is 1. The number of nitrogens with zero attached hydrogens (tertiary/aromatic N) is 1. The third kappa shape index (κ3) is 3.45. The Hall–Kier alpha value is -0.610. The smallest absolute Gasteiger partial charge is 0.227 e. The second kappa shape index (κ2) is 7.10. The Bertz CT molecular complexity index is 261. The molecule has 0 bridgehead atoms. The van der Waals surface area contributed by atoms with Crippen molar-refractivity contribution in [1.29, 1.82) is 0 Å². The quantitative estimate of drug-likeness (QED) is 0.813. The lowest BCUT2D eigenvalue weighted by atomic mass is 9.76. The van der Waals surface area contributed by atoms with Crippen LogP contribution in [0.1, 0.15) is 40.0 Å². The van der Waals surface area contributed by atoms with Crippen molar-refractivity contribution in [2.75, 3.05) is 20.3 Å². The average molecular weight is 256 g/mol. The number of likely N-dealkylation sites (N-methyl/N-ethyl adjacent to an activating group) is 1. The van der Waals surface area contributed by atoms with Gasteiger partial charge in [0.05, 0.1) is 18.6 Å². The molecule has 1 aliphatic carbocycles. The van der Waals surface area contributed by atoms with Gasteiger partial charge in [0.15, 0.2) is 0 Å². The highest BCUT2D eigenvalue weighted by molar-refractivity contribution is 5.80. The van der Waals surface area contributed by atoms with Crippen LogP contribution >= 0.6 is 0 Å². The molecule has 1 aliphatic rings. The third-order valence-corrected chi connectivity index (χ3v) is 4.12. The predicted octanol–water partition coefficient (Wildman–Crippen LogP) is 1.63. The SMILES string of the molecule is CCN(C(=O)C1C(C)CCCC1N)C(C)COC. The van der Waals surface area contributed by atoms with E-state index in [1.165, 1.54) is 0 Å². The van der Waals surface area contributed by atoms with Gasteiger partial charge in [0.1, 0.15) is 0 Å². The first kappa shape index (κ1) is 15.4. The van der Waals surface area contributed by atoms with Crippen LogP contribution in [0.5, 0.6) is 0 Å². The lowest BCUT2D eigenvalue weighted by Gasteiger charge is -2.38. The van der Waals surface area contributed by atoms with E-state index >= 15 is 0 Å². The maximum Gasteiger partial charge on any atom is 0.227 e. The number of methoxy groups -OCH3 is 1. The van der Waals surface area contributed by atoms with E-state index < -0.39 is 0 Å². The van der Waals surface area contributed by atoms with Crippen molar-refractivity contribution in [2.24, 2.45) is 17.6 Å². The van der Waals surface area contributed by atoms with Gasteiger partial charge in [-0.2, -0.15) is 0 Å². The fourth-order valence-electron chi connectivity index (χ4n) is 3.09. The highest BCUT2D eigenvalue weighted by atomic mass is 16.5. The lowest BCUT2D eigenvalue weighted by Crippen LogP contribution is -2.52. The van der Waals surface area contributed by atoms with E-state index in [9.17, 15) is 4.79 Å². The molecular weight excluding hydrogens is 228 g/mol. The fourth-order valence-corrected chi connectivity index (χ4v) is 3.09. The summed E-state index contributed by atoms with van der Waals surface area (Å²) in [4.78, 5) is 14.6. The third-order valence-electron chi connectivity index (χ3n) is 4.12. The summed E-state index contributed by atoms with van der Waals surface area (Å²) in [6, 6.07) is 0.138. The van der Waals surface area contributed by atoms with Crippen molar-refractivity contribution in [1.82, 2.24) is 4.90 Å². The van der Waals surface area contributed by atoms with E-state index in [0.717, 1.165) is 25.8 Å². The minimum absolute atomic E-state index is 0.0157. The molecule has 2 N–H and O–H groups in total. The molecule has 4 heteroatoms. The summed E-state index contributed by atoms with van der Waals surface area (Å²) < 4.78 is 5.15. The topological polar surface area (TPSA) is 55.6 Å². The van der Waals surface area contributed by atoms with Gasteiger partial charge in [0, 0.05) is 19.7 Å². The summed E-state index contributed by atoms with van der Waals surface area (Å²) >= 11 is 0. The molecule has 0 aromatic rings. The maximum atomic E-state index is 12.7. The van der Waals surface area contributed by atoms with E-state index in [-0.39, 0.29) is 23.9 Å². The van der Waals surface area contributed by atoms with Gasteiger partial charge in [-0.25, -0.2) is 0 Å². The van der Waals surface area contributed by atoms with Crippen LogP contribution in [0.15, 0.2) is 0 Å². The molecule has 0 spiro atoms. The van der Waals surface area contributed by atoms with E-state index in [2.05, 4.69) is 6.92 Å². The zero-order valence-corrected chi connectivity index (χ0v) is 12.2. The lowest BCUT2D eigenvalue weighted by molar-refractivity contribution is -0.141. The molecule has 1 rings (SSSR count). The van der Waals surface area contributed by atoms with Crippen LogP contribution in [0.4, 0.5) is 0 Å². The van der Waals surface area contributed by atoms with E-state index in [1.54, 1.807) is 7.11 Å². The first-order chi connectivity index (χ1) is 8.52. The summed E-state index contributed by atoms with van der Waals surface area (Å²) in [7, 11) is 1.67. The first-order valence-electron chi connectivity index (χ1n) is 7.07. The van der Waals surface area contributed by atoms with Crippen LogP contribution in [0.2, 0.25) is 0 Å². The molecule has 0 heterocycles. The van der Waals surface area contributed by atoms with Gasteiger partial charge in [-0.1, -0.05) is 13.3 Å². The Kier molecular flexibility index (Phi) is 6.09. The first-order valence-corrected chi connectivity index (χ1v) is 7.07. The zero-order chi connectivity index (χ0) is 13.7. The van der Waals surface area contributed by atoms with Crippen molar-refractivity contribution in [3.05, 3.63) is 0 Å². The van der Waals surface area contributed by atoms with Crippen LogP contribution in [-0.4, -0.2) is 43.2 Å². The molecule has 0 aliphatic heterocycles. The number of amides is 1. The number of hydrogen-bond donors (Lipinski definition) is 1. The minimum Gasteiger partial charge on any atom is -0.383 e. The number of ether oxygens (including phenoxy) is 1. The maximum absolute atomic E-state index is 12.7. The van der Waals surface area contributed by atoms with E-state index in [1.807, 2.05) is 18.7 Å². The molecule has 1 fully saturated rings.